The van der Waals surface area contributed by atoms with Crippen LogP contribution >= 0.6 is 11.6 Å². The molecule has 0 fully saturated rings. The summed E-state index contributed by atoms with van der Waals surface area (Å²) in [7, 11) is 0. The standard InChI is InChI=1S/C10H14ClN/c1-8-4-5-9(3-2-6-11)10(12)7-8/h4-5,7H,2-3,6,12H2,1H3. The molecule has 1 nitrogen and oxygen atoms in total. The van der Waals surface area contributed by atoms with E-state index in [4.69, 9.17) is 17.3 Å². The van der Waals surface area contributed by atoms with Crippen molar-refractivity contribution in [3.05, 3.63) is 29.3 Å². The van der Waals surface area contributed by atoms with E-state index in [0.29, 0.717) is 5.88 Å². The molecule has 2 N–H and O–H groups in total. The lowest BCUT2D eigenvalue weighted by atomic mass is 10.1. The third-order valence-electron chi connectivity index (χ3n) is 1.88. The van der Waals surface area contributed by atoms with Crippen LogP contribution in [0.4, 0.5) is 5.69 Å². The Bertz CT molecular complexity index is 258. The number of nitrogen functional groups attached to an aromatic ring is 1. The molecule has 66 valence electrons. The van der Waals surface area contributed by atoms with Crippen molar-refractivity contribution in [2.45, 2.75) is 19.8 Å². The van der Waals surface area contributed by atoms with Crippen molar-refractivity contribution in [2.75, 3.05) is 11.6 Å². The Morgan fingerprint density at radius 3 is 2.75 bits per heavy atom. The summed E-state index contributed by atoms with van der Waals surface area (Å²) in [5.41, 5.74) is 9.13. The van der Waals surface area contributed by atoms with Gasteiger partial charge in [0.2, 0.25) is 0 Å². The molecule has 0 amide bonds. The van der Waals surface area contributed by atoms with Gasteiger partial charge < -0.3 is 5.73 Å². The SMILES string of the molecule is Cc1ccc(CCCCl)c(N)c1. The second-order valence-corrected chi connectivity index (χ2v) is 3.37. The molecule has 0 aromatic heterocycles. The molecule has 0 aliphatic rings. The molecular formula is C10H14ClN. The maximum atomic E-state index is 5.82. The summed E-state index contributed by atoms with van der Waals surface area (Å²) in [5, 5.41) is 0. The Kier molecular flexibility index (Phi) is 3.42. The first-order valence-corrected chi connectivity index (χ1v) is 4.68. The van der Waals surface area contributed by atoms with Gasteiger partial charge in [-0.2, -0.15) is 0 Å². The van der Waals surface area contributed by atoms with E-state index in [0.717, 1.165) is 18.5 Å². The van der Waals surface area contributed by atoms with Gasteiger partial charge in [0.15, 0.2) is 0 Å². The van der Waals surface area contributed by atoms with E-state index < -0.39 is 0 Å². The van der Waals surface area contributed by atoms with Crippen LogP contribution in [-0.2, 0) is 6.42 Å². The molecule has 1 aromatic rings. The third-order valence-corrected chi connectivity index (χ3v) is 2.15. The number of halogens is 1. The van der Waals surface area contributed by atoms with E-state index in [-0.39, 0.29) is 0 Å². The molecule has 0 saturated heterocycles. The fourth-order valence-corrected chi connectivity index (χ4v) is 1.33. The van der Waals surface area contributed by atoms with Gasteiger partial charge in [0.05, 0.1) is 0 Å². The van der Waals surface area contributed by atoms with Crippen molar-refractivity contribution < 1.29 is 0 Å². The summed E-state index contributed by atoms with van der Waals surface area (Å²) < 4.78 is 0. The van der Waals surface area contributed by atoms with Gasteiger partial charge in [-0.15, -0.1) is 11.6 Å². The van der Waals surface area contributed by atoms with Crippen LogP contribution in [-0.4, -0.2) is 5.88 Å². The monoisotopic (exact) mass is 183 g/mol. The average Bonchev–Trinajstić information content (AvgIpc) is 2.03. The maximum absolute atomic E-state index is 5.82. The summed E-state index contributed by atoms with van der Waals surface area (Å²) in [6.07, 6.45) is 1.98. The largest absolute Gasteiger partial charge is 0.398 e. The minimum Gasteiger partial charge on any atom is -0.398 e. The Hall–Kier alpha value is -0.690. The van der Waals surface area contributed by atoms with E-state index in [2.05, 4.69) is 12.1 Å². The van der Waals surface area contributed by atoms with Crippen molar-refractivity contribution >= 4 is 17.3 Å². The molecule has 0 atom stereocenters. The van der Waals surface area contributed by atoms with Crippen molar-refractivity contribution in [3.8, 4) is 0 Å². The average molecular weight is 184 g/mol. The molecule has 0 unspecified atom stereocenters. The minimum absolute atomic E-state index is 0.702. The van der Waals surface area contributed by atoms with Gasteiger partial charge in [-0.3, -0.25) is 0 Å². The van der Waals surface area contributed by atoms with Crippen LogP contribution in [0.1, 0.15) is 17.5 Å². The Morgan fingerprint density at radius 1 is 1.42 bits per heavy atom. The van der Waals surface area contributed by atoms with Crippen molar-refractivity contribution in [1.29, 1.82) is 0 Å². The molecule has 1 aromatic carbocycles. The van der Waals surface area contributed by atoms with Crippen LogP contribution in [0.25, 0.3) is 0 Å². The first kappa shape index (κ1) is 9.40. The second-order valence-electron chi connectivity index (χ2n) is 2.99. The number of hydrogen-bond donors (Lipinski definition) is 1. The van der Waals surface area contributed by atoms with Crippen LogP contribution < -0.4 is 5.73 Å². The maximum Gasteiger partial charge on any atom is 0.0349 e. The third kappa shape index (κ3) is 2.42. The fourth-order valence-electron chi connectivity index (χ4n) is 1.20. The number of anilines is 1. The zero-order chi connectivity index (χ0) is 8.97. The number of nitrogens with two attached hydrogens (primary N) is 1. The molecule has 12 heavy (non-hydrogen) atoms. The van der Waals surface area contributed by atoms with E-state index in [1.807, 2.05) is 13.0 Å². The van der Waals surface area contributed by atoms with Crippen LogP contribution in [0, 0.1) is 6.92 Å². The van der Waals surface area contributed by atoms with Crippen LogP contribution in [0.2, 0.25) is 0 Å². The Labute approximate surface area is 78.5 Å². The molecule has 0 bridgehead atoms. The second kappa shape index (κ2) is 4.36. The zero-order valence-corrected chi connectivity index (χ0v) is 8.06. The van der Waals surface area contributed by atoms with Crippen LogP contribution in [0.5, 0.6) is 0 Å². The quantitative estimate of drug-likeness (QED) is 0.566. The lowest BCUT2D eigenvalue weighted by molar-refractivity contribution is 0.931. The van der Waals surface area contributed by atoms with Crippen LogP contribution in [0.15, 0.2) is 18.2 Å². The number of rotatable bonds is 3. The van der Waals surface area contributed by atoms with E-state index in [9.17, 15) is 0 Å². The normalized spacial score (nSPS) is 10.2. The van der Waals surface area contributed by atoms with Gasteiger partial charge in [-0.05, 0) is 37.0 Å². The van der Waals surface area contributed by atoms with E-state index in [1.54, 1.807) is 0 Å². The Balaban J connectivity index is 2.72. The lowest BCUT2D eigenvalue weighted by Crippen LogP contribution is -1.95. The highest BCUT2D eigenvalue weighted by Gasteiger charge is 1.97. The molecular weight excluding hydrogens is 170 g/mol. The smallest absolute Gasteiger partial charge is 0.0349 e. The highest BCUT2D eigenvalue weighted by Crippen LogP contribution is 2.15. The van der Waals surface area contributed by atoms with Gasteiger partial charge in [0, 0.05) is 11.6 Å². The Morgan fingerprint density at radius 2 is 2.17 bits per heavy atom. The molecule has 0 radical (unpaired) electrons. The highest BCUT2D eigenvalue weighted by molar-refractivity contribution is 6.17. The molecule has 1 rings (SSSR count). The van der Waals surface area contributed by atoms with Gasteiger partial charge in [-0.1, -0.05) is 12.1 Å². The number of hydrogen-bond acceptors (Lipinski definition) is 1. The highest BCUT2D eigenvalue weighted by atomic mass is 35.5. The number of aryl methyl sites for hydroxylation is 2. The molecule has 0 aliphatic heterocycles. The van der Waals surface area contributed by atoms with Gasteiger partial charge >= 0.3 is 0 Å². The van der Waals surface area contributed by atoms with Crippen LogP contribution in [0.3, 0.4) is 0 Å². The first-order chi connectivity index (χ1) is 5.74. The van der Waals surface area contributed by atoms with Gasteiger partial charge in [0.1, 0.15) is 0 Å². The summed E-state index contributed by atoms with van der Waals surface area (Å²) in [4.78, 5) is 0. The van der Waals surface area contributed by atoms with Crippen molar-refractivity contribution in [2.24, 2.45) is 0 Å². The van der Waals surface area contributed by atoms with Crippen molar-refractivity contribution in [1.82, 2.24) is 0 Å². The first-order valence-electron chi connectivity index (χ1n) is 4.15. The molecule has 0 aliphatic carbocycles. The predicted octanol–water partition coefficient (Wildman–Crippen LogP) is 2.75. The fraction of sp³-hybridized carbons (Fsp3) is 0.400. The summed E-state index contributed by atoms with van der Waals surface area (Å²) >= 11 is 5.59. The molecule has 0 spiro atoms. The topological polar surface area (TPSA) is 26.0 Å². The zero-order valence-electron chi connectivity index (χ0n) is 7.31. The molecule has 2 heteroatoms. The summed E-state index contributed by atoms with van der Waals surface area (Å²) in [6, 6.07) is 6.17. The number of alkyl halides is 1. The molecule has 0 heterocycles. The minimum atomic E-state index is 0.702. The lowest BCUT2D eigenvalue weighted by Gasteiger charge is -2.04. The summed E-state index contributed by atoms with van der Waals surface area (Å²) in [5.74, 6) is 0.702. The van der Waals surface area contributed by atoms with Gasteiger partial charge in [-0.25, -0.2) is 0 Å². The van der Waals surface area contributed by atoms with E-state index in [1.165, 1.54) is 11.1 Å². The predicted molar refractivity (Wildman–Crippen MR) is 54.6 cm³/mol. The molecule has 0 saturated carbocycles. The van der Waals surface area contributed by atoms with Gasteiger partial charge in [0.25, 0.3) is 0 Å². The number of benzene rings is 1. The summed E-state index contributed by atoms with van der Waals surface area (Å²) in [6.45, 7) is 2.04. The van der Waals surface area contributed by atoms with Crippen molar-refractivity contribution in [3.63, 3.8) is 0 Å². The van der Waals surface area contributed by atoms with E-state index >= 15 is 0 Å².